The van der Waals surface area contributed by atoms with Crippen LogP contribution in [0.25, 0.3) is 0 Å². The number of ether oxygens (including phenoxy) is 1. The summed E-state index contributed by atoms with van der Waals surface area (Å²) in [6, 6.07) is 4.42. The van der Waals surface area contributed by atoms with Crippen molar-refractivity contribution in [2.75, 3.05) is 13.7 Å². The summed E-state index contributed by atoms with van der Waals surface area (Å²) in [6.07, 6.45) is -3.49. The molecule has 0 heterocycles. The quantitative estimate of drug-likeness (QED) is 0.862. The number of halogens is 3. The summed E-state index contributed by atoms with van der Waals surface area (Å²) in [4.78, 5) is 0. The van der Waals surface area contributed by atoms with Gasteiger partial charge < -0.3 is 10.1 Å². The first-order chi connectivity index (χ1) is 7.99. The molecule has 0 saturated carbocycles. The molecule has 1 rings (SSSR count). The van der Waals surface area contributed by atoms with Crippen LogP contribution in [0.15, 0.2) is 24.3 Å². The lowest BCUT2D eigenvalue weighted by atomic mass is 10.1. The summed E-state index contributed by atoms with van der Waals surface area (Å²) < 4.78 is 43.4. The van der Waals surface area contributed by atoms with Crippen molar-refractivity contribution in [3.8, 4) is 5.75 Å². The van der Waals surface area contributed by atoms with Crippen LogP contribution in [-0.2, 0) is 0 Å². The van der Waals surface area contributed by atoms with E-state index in [4.69, 9.17) is 4.74 Å². The molecule has 0 saturated heterocycles. The van der Waals surface area contributed by atoms with Crippen LogP contribution >= 0.6 is 0 Å². The number of rotatable bonds is 5. The summed E-state index contributed by atoms with van der Waals surface area (Å²) in [6.45, 7) is 2.44. The first-order valence-corrected chi connectivity index (χ1v) is 5.45. The van der Waals surface area contributed by atoms with Crippen molar-refractivity contribution < 1.29 is 17.9 Å². The standard InChI is InChI=1S/C12H16F3NO/c1-3-7-17-10-6-4-5-9(8-10)11(16-2)12(13,14)15/h4-6,8,11,16H,3,7H2,1-2H3. The van der Waals surface area contributed by atoms with Crippen LogP contribution < -0.4 is 10.1 Å². The van der Waals surface area contributed by atoms with E-state index in [0.29, 0.717) is 12.4 Å². The van der Waals surface area contributed by atoms with Gasteiger partial charge in [-0.15, -0.1) is 0 Å². The second-order valence-corrected chi connectivity index (χ2v) is 3.68. The predicted molar refractivity (Wildman–Crippen MR) is 60.1 cm³/mol. The molecule has 0 aromatic heterocycles. The maximum Gasteiger partial charge on any atom is 0.407 e. The molecule has 1 unspecified atom stereocenters. The molecule has 0 aliphatic carbocycles. The van der Waals surface area contributed by atoms with Crippen molar-refractivity contribution in [3.05, 3.63) is 29.8 Å². The number of alkyl halides is 3. The molecule has 0 fully saturated rings. The zero-order chi connectivity index (χ0) is 12.9. The van der Waals surface area contributed by atoms with Crippen LogP contribution in [0.1, 0.15) is 24.9 Å². The normalized spacial score (nSPS) is 13.5. The molecule has 1 aromatic carbocycles. The van der Waals surface area contributed by atoms with E-state index in [1.165, 1.54) is 19.2 Å². The van der Waals surface area contributed by atoms with Crippen molar-refractivity contribution in [2.24, 2.45) is 0 Å². The molecule has 1 atom stereocenters. The Labute approximate surface area is 98.8 Å². The highest BCUT2D eigenvalue weighted by Crippen LogP contribution is 2.33. The molecular weight excluding hydrogens is 231 g/mol. The fourth-order valence-corrected chi connectivity index (χ4v) is 1.52. The zero-order valence-corrected chi connectivity index (χ0v) is 9.84. The minimum Gasteiger partial charge on any atom is -0.494 e. The third-order valence-electron chi connectivity index (χ3n) is 2.28. The number of benzene rings is 1. The van der Waals surface area contributed by atoms with Crippen molar-refractivity contribution in [1.29, 1.82) is 0 Å². The van der Waals surface area contributed by atoms with Gasteiger partial charge in [0.2, 0.25) is 0 Å². The highest BCUT2D eigenvalue weighted by molar-refractivity contribution is 5.31. The summed E-state index contributed by atoms with van der Waals surface area (Å²) in [5.41, 5.74) is 0.161. The highest BCUT2D eigenvalue weighted by atomic mass is 19.4. The zero-order valence-electron chi connectivity index (χ0n) is 9.84. The maximum absolute atomic E-state index is 12.7. The lowest BCUT2D eigenvalue weighted by Gasteiger charge is -2.20. The topological polar surface area (TPSA) is 21.3 Å². The Morgan fingerprint density at radius 1 is 1.35 bits per heavy atom. The van der Waals surface area contributed by atoms with E-state index >= 15 is 0 Å². The lowest BCUT2D eigenvalue weighted by molar-refractivity contribution is -0.156. The SMILES string of the molecule is CCCOc1cccc(C(NC)C(F)(F)F)c1. The Kier molecular flexibility index (Phi) is 4.81. The van der Waals surface area contributed by atoms with Gasteiger partial charge in [0.05, 0.1) is 6.61 Å². The molecule has 1 N–H and O–H groups in total. The fourth-order valence-electron chi connectivity index (χ4n) is 1.52. The third kappa shape index (κ3) is 3.93. The van der Waals surface area contributed by atoms with Gasteiger partial charge >= 0.3 is 6.18 Å². The molecule has 96 valence electrons. The Morgan fingerprint density at radius 2 is 2.06 bits per heavy atom. The van der Waals surface area contributed by atoms with Gasteiger partial charge in [0.15, 0.2) is 0 Å². The summed E-state index contributed by atoms with van der Waals surface area (Å²) in [5, 5.41) is 2.26. The van der Waals surface area contributed by atoms with Crippen LogP contribution in [0, 0.1) is 0 Å². The molecule has 0 aliphatic heterocycles. The smallest absolute Gasteiger partial charge is 0.407 e. The molecule has 1 aromatic rings. The first kappa shape index (κ1) is 13.8. The monoisotopic (exact) mass is 247 g/mol. The third-order valence-corrected chi connectivity index (χ3v) is 2.28. The van der Waals surface area contributed by atoms with Gasteiger partial charge in [0, 0.05) is 0 Å². The van der Waals surface area contributed by atoms with Crippen LogP contribution in [0.4, 0.5) is 13.2 Å². The van der Waals surface area contributed by atoms with E-state index < -0.39 is 12.2 Å². The minimum absolute atomic E-state index is 0.161. The van der Waals surface area contributed by atoms with Gasteiger partial charge in [-0.25, -0.2) is 0 Å². The molecule has 2 nitrogen and oxygen atoms in total. The predicted octanol–water partition coefficient (Wildman–Crippen LogP) is 3.30. The molecule has 0 spiro atoms. The fraction of sp³-hybridized carbons (Fsp3) is 0.500. The van der Waals surface area contributed by atoms with Gasteiger partial charge in [0.1, 0.15) is 11.8 Å². The molecule has 0 bridgehead atoms. The molecule has 0 radical (unpaired) electrons. The molecular formula is C12H16F3NO. The summed E-state index contributed by atoms with van der Waals surface area (Å²) in [5.74, 6) is 0.467. The molecule has 0 aliphatic rings. The summed E-state index contributed by atoms with van der Waals surface area (Å²) >= 11 is 0. The largest absolute Gasteiger partial charge is 0.494 e. The van der Waals surface area contributed by atoms with Crippen molar-refractivity contribution in [3.63, 3.8) is 0 Å². The Balaban J connectivity index is 2.89. The molecule has 0 amide bonds. The van der Waals surface area contributed by atoms with E-state index in [0.717, 1.165) is 6.42 Å². The van der Waals surface area contributed by atoms with Crippen LogP contribution in [0.5, 0.6) is 5.75 Å². The Bertz CT molecular complexity index is 352. The van der Waals surface area contributed by atoms with Crippen molar-refractivity contribution >= 4 is 0 Å². The van der Waals surface area contributed by atoms with E-state index in [9.17, 15) is 13.2 Å². The first-order valence-electron chi connectivity index (χ1n) is 5.45. The highest BCUT2D eigenvalue weighted by Gasteiger charge is 2.39. The van der Waals surface area contributed by atoms with Gasteiger partial charge in [0.25, 0.3) is 0 Å². The van der Waals surface area contributed by atoms with Crippen LogP contribution in [0.3, 0.4) is 0 Å². The minimum atomic E-state index is -4.31. The number of nitrogens with one attached hydrogen (secondary N) is 1. The Hall–Kier alpha value is -1.23. The number of hydrogen-bond acceptors (Lipinski definition) is 2. The molecule has 17 heavy (non-hydrogen) atoms. The number of hydrogen-bond donors (Lipinski definition) is 1. The van der Waals surface area contributed by atoms with Gasteiger partial charge in [-0.3, -0.25) is 0 Å². The lowest BCUT2D eigenvalue weighted by Crippen LogP contribution is -2.31. The van der Waals surface area contributed by atoms with Gasteiger partial charge in [-0.2, -0.15) is 13.2 Å². The average molecular weight is 247 g/mol. The second-order valence-electron chi connectivity index (χ2n) is 3.68. The van der Waals surface area contributed by atoms with E-state index in [2.05, 4.69) is 5.32 Å². The van der Waals surface area contributed by atoms with Gasteiger partial charge in [-0.1, -0.05) is 19.1 Å². The Morgan fingerprint density at radius 3 is 2.59 bits per heavy atom. The summed E-state index contributed by atoms with van der Waals surface area (Å²) in [7, 11) is 1.29. The van der Waals surface area contributed by atoms with Crippen molar-refractivity contribution in [2.45, 2.75) is 25.6 Å². The van der Waals surface area contributed by atoms with E-state index in [1.54, 1.807) is 12.1 Å². The molecule has 5 heteroatoms. The second kappa shape index (κ2) is 5.91. The maximum atomic E-state index is 12.7. The van der Waals surface area contributed by atoms with E-state index in [-0.39, 0.29) is 5.56 Å². The van der Waals surface area contributed by atoms with Crippen LogP contribution in [-0.4, -0.2) is 19.8 Å². The van der Waals surface area contributed by atoms with E-state index in [1.807, 2.05) is 6.92 Å². The van der Waals surface area contributed by atoms with Crippen molar-refractivity contribution in [1.82, 2.24) is 5.32 Å². The van der Waals surface area contributed by atoms with Gasteiger partial charge in [-0.05, 0) is 31.2 Å². The average Bonchev–Trinajstić information content (AvgIpc) is 2.26. The van der Waals surface area contributed by atoms with Crippen LogP contribution in [0.2, 0.25) is 0 Å².